The quantitative estimate of drug-likeness (QED) is 0.0295. The molecule has 0 unspecified atom stereocenters. The zero-order valence-electron chi connectivity index (χ0n) is 32.8. The molecule has 2 atom stereocenters. The number of unbranched alkanes of at least 4 members (excludes halogenated alkanes) is 18. The Labute approximate surface area is 307 Å². The number of carbonyl (C=O) groups excluding carboxylic acids is 2. The molecule has 2 amide bonds. The lowest BCUT2D eigenvalue weighted by Gasteiger charge is -2.43. The van der Waals surface area contributed by atoms with Crippen molar-refractivity contribution in [1.29, 1.82) is 0 Å². The number of hydrogen-bond acceptors (Lipinski definition) is 7. The maximum absolute atomic E-state index is 15.0. The van der Waals surface area contributed by atoms with Crippen molar-refractivity contribution in [1.82, 2.24) is 10.6 Å². The number of nitrogens with one attached hydrogen (secondary N) is 2. The van der Waals surface area contributed by atoms with Crippen molar-refractivity contribution in [2.24, 2.45) is 17.2 Å². The normalized spacial score (nSPS) is 13.0. The van der Waals surface area contributed by atoms with Crippen molar-refractivity contribution in [2.45, 2.75) is 193 Å². The van der Waals surface area contributed by atoms with Gasteiger partial charge < -0.3 is 32.9 Å². The van der Waals surface area contributed by atoms with Gasteiger partial charge in [0, 0.05) is 12.8 Å². The summed E-state index contributed by atoms with van der Waals surface area (Å²) in [7, 11) is 0. The van der Waals surface area contributed by atoms with Crippen molar-refractivity contribution < 1.29 is 24.0 Å². The average molecular weight is 712 g/mol. The summed E-state index contributed by atoms with van der Waals surface area (Å²) in [5, 5.41) is 17.6. The predicted octanol–water partition coefficient (Wildman–Crippen LogP) is 6.92. The van der Waals surface area contributed by atoms with Crippen LogP contribution in [-0.2, 0) is 14.4 Å². The van der Waals surface area contributed by atoms with Gasteiger partial charge in [0.2, 0.25) is 5.91 Å². The van der Waals surface area contributed by atoms with Crippen LogP contribution in [0, 0.1) is 0 Å². The van der Waals surface area contributed by atoms with E-state index in [1.165, 1.54) is 89.9 Å². The Balaban J connectivity index is 6.02. The van der Waals surface area contributed by atoms with Crippen LogP contribution in [-0.4, -0.2) is 85.3 Å². The maximum atomic E-state index is 15.0. The van der Waals surface area contributed by atoms with E-state index in [9.17, 15) is 19.5 Å². The molecule has 0 spiro atoms. The van der Waals surface area contributed by atoms with Gasteiger partial charge in [0.05, 0.1) is 13.1 Å². The molecule has 0 aromatic carbocycles. The Morgan fingerprint density at radius 2 is 1.00 bits per heavy atom. The van der Waals surface area contributed by atoms with Gasteiger partial charge in [-0.1, -0.05) is 117 Å². The molecule has 0 fully saturated rings. The molecule has 0 rings (SSSR count). The molecular formula is C40H83N6O4+. The second kappa shape index (κ2) is 34.5. The Hall–Kier alpha value is -1.59. The number of nitrogens with two attached hydrogens (primary N) is 3. The Kier molecular flexibility index (Phi) is 33.4. The average Bonchev–Trinajstić information content (AvgIpc) is 3.09. The van der Waals surface area contributed by atoms with Crippen molar-refractivity contribution in [3.05, 3.63) is 0 Å². The molecule has 50 heavy (non-hydrogen) atoms. The van der Waals surface area contributed by atoms with E-state index in [0.29, 0.717) is 39.1 Å². The van der Waals surface area contributed by atoms with Crippen LogP contribution >= 0.6 is 0 Å². The van der Waals surface area contributed by atoms with Crippen LogP contribution in [0.2, 0.25) is 0 Å². The van der Waals surface area contributed by atoms with Gasteiger partial charge in [0.1, 0.15) is 6.04 Å². The standard InChI is InChI=1S/C40H82N6O4/c1-3-5-7-9-11-13-15-17-19-21-34-46(37(40(49)50)27-28-38(43)47,35-22-20-18-16-14-12-10-8-6-4-2)39(48)36(45-33-25-30-42)26-23-31-44-32-24-29-41/h36-37,44-45H,3-35,41-42H2,1-2H3,(H2-,43,47,49,50)/p+1/t36-,37-/m0/s1. The van der Waals surface area contributed by atoms with E-state index in [4.69, 9.17) is 17.2 Å². The molecule has 0 aliphatic rings. The number of carboxylic acid groups (broad SMARTS) is 1. The maximum Gasteiger partial charge on any atom is 0.363 e. The summed E-state index contributed by atoms with van der Waals surface area (Å²) in [5.41, 5.74) is 17.0. The summed E-state index contributed by atoms with van der Waals surface area (Å²) < 4.78 is -0.114. The second-order valence-electron chi connectivity index (χ2n) is 14.7. The number of quaternary nitrogens is 1. The van der Waals surface area contributed by atoms with Crippen LogP contribution in [0.3, 0.4) is 0 Å². The van der Waals surface area contributed by atoms with Crippen molar-refractivity contribution in [2.75, 3.05) is 45.8 Å². The summed E-state index contributed by atoms with van der Waals surface area (Å²) in [5.74, 6) is -1.59. The Bertz CT molecular complexity index is 791. The molecule has 0 bridgehead atoms. The molecular weight excluding hydrogens is 628 g/mol. The first-order chi connectivity index (χ1) is 24.3. The molecule has 0 saturated carbocycles. The predicted molar refractivity (Wildman–Crippen MR) is 210 cm³/mol. The van der Waals surface area contributed by atoms with Gasteiger partial charge in [-0.2, -0.15) is 0 Å². The number of hydrogen-bond donors (Lipinski definition) is 6. The number of nitrogens with zero attached hydrogens (tertiary/aromatic N) is 1. The van der Waals surface area contributed by atoms with Gasteiger partial charge in [-0.15, -0.1) is 0 Å². The monoisotopic (exact) mass is 712 g/mol. The van der Waals surface area contributed by atoms with Crippen LogP contribution in [0.15, 0.2) is 0 Å². The first-order valence-electron chi connectivity index (χ1n) is 21.1. The van der Waals surface area contributed by atoms with E-state index < -0.39 is 24.0 Å². The van der Waals surface area contributed by atoms with E-state index in [2.05, 4.69) is 24.5 Å². The third kappa shape index (κ3) is 24.6. The molecule has 10 nitrogen and oxygen atoms in total. The van der Waals surface area contributed by atoms with Gasteiger partial charge in [0.15, 0.2) is 6.04 Å². The fourth-order valence-electron chi connectivity index (χ4n) is 7.21. The van der Waals surface area contributed by atoms with E-state index in [-0.39, 0.29) is 23.2 Å². The Morgan fingerprint density at radius 3 is 1.42 bits per heavy atom. The lowest BCUT2D eigenvalue weighted by molar-refractivity contribution is -0.873. The minimum Gasteiger partial charge on any atom is -0.477 e. The molecule has 0 aliphatic heterocycles. The van der Waals surface area contributed by atoms with Crippen LogP contribution in [0.1, 0.15) is 181 Å². The second-order valence-corrected chi connectivity index (χ2v) is 14.7. The Morgan fingerprint density at radius 1 is 0.580 bits per heavy atom. The van der Waals surface area contributed by atoms with E-state index in [1.54, 1.807) is 0 Å². The minimum absolute atomic E-state index is 0.0450. The van der Waals surface area contributed by atoms with Gasteiger partial charge in [-0.3, -0.25) is 4.79 Å². The molecule has 9 N–H and O–H groups in total. The fourth-order valence-corrected chi connectivity index (χ4v) is 7.21. The van der Waals surface area contributed by atoms with Crippen molar-refractivity contribution in [3.63, 3.8) is 0 Å². The largest absolute Gasteiger partial charge is 0.477 e. The highest BCUT2D eigenvalue weighted by Crippen LogP contribution is 2.27. The molecule has 0 heterocycles. The summed E-state index contributed by atoms with van der Waals surface area (Å²) in [6, 6.07) is -1.49. The van der Waals surface area contributed by atoms with Crippen LogP contribution in [0.5, 0.6) is 0 Å². The van der Waals surface area contributed by atoms with E-state index in [1.807, 2.05) is 0 Å². The highest BCUT2D eigenvalue weighted by atomic mass is 16.4. The summed E-state index contributed by atoms with van der Waals surface area (Å²) in [4.78, 5) is 40.0. The van der Waals surface area contributed by atoms with Gasteiger partial charge >= 0.3 is 11.9 Å². The lowest BCUT2D eigenvalue weighted by atomic mass is 9.97. The zero-order valence-corrected chi connectivity index (χ0v) is 32.8. The molecule has 10 heteroatoms. The molecule has 296 valence electrons. The molecule has 0 aromatic rings. The van der Waals surface area contributed by atoms with Crippen LogP contribution in [0.4, 0.5) is 0 Å². The third-order valence-electron chi connectivity index (χ3n) is 10.3. The number of carboxylic acids is 1. The topological polar surface area (TPSA) is 174 Å². The summed E-state index contributed by atoms with van der Waals surface area (Å²) in [6.45, 7) is 8.79. The van der Waals surface area contributed by atoms with E-state index >= 15 is 0 Å². The SMILES string of the molecule is CCCCCCCCCCCC[N+](CCCCCCCCCCCC)(C(=O)[C@H](CCCNCCCN)NCCCN)[C@@H](CCC(N)=O)C(=O)O. The van der Waals surface area contributed by atoms with Crippen molar-refractivity contribution >= 4 is 17.8 Å². The van der Waals surface area contributed by atoms with Gasteiger partial charge in [-0.05, 0) is 84.1 Å². The molecule has 0 saturated heterocycles. The minimum atomic E-state index is -1.01. The fraction of sp³-hybridized carbons (Fsp3) is 0.925. The highest BCUT2D eigenvalue weighted by Gasteiger charge is 2.49. The van der Waals surface area contributed by atoms with Crippen LogP contribution < -0.4 is 27.8 Å². The van der Waals surface area contributed by atoms with Crippen molar-refractivity contribution in [3.8, 4) is 0 Å². The lowest BCUT2D eigenvalue weighted by Crippen LogP contribution is -2.67. The first-order valence-corrected chi connectivity index (χ1v) is 21.1. The highest BCUT2D eigenvalue weighted by molar-refractivity contribution is 5.81. The number of carbonyl (C=O) groups is 3. The molecule has 0 aliphatic carbocycles. The third-order valence-corrected chi connectivity index (χ3v) is 10.3. The van der Waals surface area contributed by atoms with E-state index in [0.717, 1.165) is 70.9 Å². The smallest absolute Gasteiger partial charge is 0.363 e. The molecule has 0 aromatic heterocycles. The van der Waals surface area contributed by atoms with Gasteiger partial charge in [-0.25, -0.2) is 14.1 Å². The summed E-state index contributed by atoms with van der Waals surface area (Å²) >= 11 is 0. The first kappa shape index (κ1) is 48.4. The zero-order chi connectivity index (χ0) is 37.1. The molecule has 0 radical (unpaired) electrons. The summed E-state index contributed by atoms with van der Waals surface area (Å²) in [6.07, 6.45) is 26.4. The van der Waals surface area contributed by atoms with Gasteiger partial charge in [0.25, 0.3) is 0 Å². The van der Waals surface area contributed by atoms with Crippen LogP contribution in [0.25, 0.3) is 0 Å². The number of primary amides is 1. The number of aliphatic carboxylic acids is 1. The number of amides is 2. The number of rotatable bonds is 39.